The molecule has 1 saturated heterocycles. The van der Waals surface area contributed by atoms with Crippen LogP contribution in [0.25, 0.3) is 0 Å². The SMILES string of the molecule is CCN(Cc1ccncc1)C(=O)c1ccc([C@H]2CCNC2)cc1. The second kappa shape index (κ2) is 7.38. The van der Waals surface area contributed by atoms with Gasteiger partial charge in [0, 0.05) is 37.6 Å². The molecule has 0 aliphatic carbocycles. The van der Waals surface area contributed by atoms with Gasteiger partial charge in [0.2, 0.25) is 0 Å². The lowest BCUT2D eigenvalue weighted by atomic mass is 9.97. The van der Waals surface area contributed by atoms with Crippen molar-refractivity contribution in [1.82, 2.24) is 15.2 Å². The summed E-state index contributed by atoms with van der Waals surface area (Å²) in [6.07, 6.45) is 4.70. The maximum atomic E-state index is 12.7. The Hall–Kier alpha value is -2.20. The van der Waals surface area contributed by atoms with E-state index in [-0.39, 0.29) is 5.91 Å². The van der Waals surface area contributed by atoms with E-state index in [1.165, 1.54) is 12.0 Å². The molecular weight excluding hydrogens is 286 g/mol. The number of nitrogens with zero attached hydrogens (tertiary/aromatic N) is 2. The normalized spacial score (nSPS) is 17.2. The lowest BCUT2D eigenvalue weighted by molar-refractivity contribution is 0.0752. The van der Waals surface area contributed by atoms with Gasteiger partial charge in [-0.3, -0.25) is 9.78 Å². The van der Waals surface area contributed by atoms with E-state index in [9.17, 15) is 4.79 Å². The van der Waals surface area contributed by atoms with Gasteiger partial charge < -0.3 is 10.2 Å². The summed E-state index contributed by atoms with van der Waals surface area (Å²) in [6.45, 7) is 5.44. The third-order valence-corrected chi connectivity index (χ3v) is 4.48. The molecular formula is C19H23N3O. The fourth-order valence-electron chi connectivity index (χ4n) is 3.06. The first-order chi connectivity index (χ1) is 11.3. The van der Waals surface area contributed by atoms with Gasteiger partial charge in [-0.05, 0) is 61.2 Å². The predicted octanol–water partition coefficient (Wildman–Crippen LogP) is 2.82. The summed E-state index contributed by atoms with van der Waals surface area (Å²) < 4.78 is 0. The smallest absolute Gasteiger partial charge is 0.254 e. The first kappa shape index (κ1) is 15.7. The average molecular weight is 309 g/mol. The van der Waals surface area contributed by atoms with Crippen molar-refractivity contribution >= 4 is 5.91 Å². The molecule has 2 aromatic rings. The minimum atomic E-state index is 0.0837. The molecule has 0 bridgehead atoms. The Morgan fingerprint density at radius 3 is 2.57 bits per heavy atom. The van der Waals surface area contributed by atoms with Gasteiger partial charge >= 0.3 is 0 Å². The zero-order valence-electron chi connectivity index (χ0n) is 13.5. The number of carbonyl (C=O) groups excluding carboxylic acids is 1. The summed E-state index contributed by atoms with van der Waals surface area (Å²) in [5.74, 6) is 0.665. The molecule has 2 heterocycles. The fourth-order valence-corrected chi connectivity index (χ4v) is 3.06. The highest BCUT2D eigenvalue weighted by Gasteiger charge is 2.18. The number of pyridine rings is 1. The molecule has 120 valence electrons. The first-order valence-corrected chi connectivity index (χ1v) is 8.26. The van der Waals surface area contributed by atoms with Crippen molar-refractivity contribution in [3.63, 3.8) is 0 Å². The van der Waals surface area contributed by atoms with Crippen LogP contribution in [-0.4, -0.2) is 35.4 Å². The molecule has 1 aromatic carbocycles. The molecule has 1 aliphatic heterocycles. The average Bonchev–Trinajstić information content (AvgIpc) is 3.15. The quantitative estimate of drug-likeness (QED) is 0.924. The van der Waals surface area contributed by atoms with Gasteiger partial charge in [0.15, 0.2) is 0 Å². The molecule has 1 aliphatic rings. The Labute approximate surface area is 137 Å². The molecule has 4 heteroatoms. The highest BCUT2D eigenvalue weighted by atomic mass is 16.2. The Kier molecular flexibility index (Phi) is 5.03. The van der Waals surface area contributed by atoms with Gasteiger partial charge in [-0.1, -0.05) is 12.1 Å². The van der Waals surface area contributed by atoms with Crippen molar-refractivity contribution in [2.45, 2.75) is 25.8 Å². The van der Waals surface area contributed by atoms with Crippen LogP contribution in [0.15, 0.2) is 48.8 Å². The van der Waals surface area contributed by atoms with Gasteiger partial charge in [-0.2, -0.15) is 0 Å². The van der Waals surface area contributed by atoms with Gasteiger partial charge in [0.05, 0.1) is 0 Å². The van der Waals surface area contributed by atoms with Gasteiger partial charge in [0.25, 0.3) is 5.91 Å². The van der Waals surface area contributed by atoms with E-state index in [4.69, 9.17) is 0 Å². The van der Waals surface area contributed by atoms with Crippen molar-refractivity contribution in [2.24, 2.45) is 0 Å². The third kappa shape index (κ3) is 3.77. The molecule has 1 N–H and O–H groups in total. The highest BCUT2D eigenvalue weighted by molar-refractivity contribution is 5.94. The van der Waals surface area contributed by atoms with Crippen molar-refractivity contribution in [3.8, 4) is 0 Å². The van der Waals surface area contributed by atoms with Crippen LogP contribution >= 0.6 is 0 Å². The summed E-state index contributed by atoms with van der Waals surface area (Å²) in [5, 5.41) is 3.38. The predicted molar refractivity (Wildman–Crippen MR) is 91.3 cm³/mol. The van der Waals surface area contributed by atoms with Gasteiger partial charge in [0.1, 0.15) is 0 Å². The van der Waals surface area contributed by atoms with Crippen LogP contribution in [0.3, 0.4) is 0 Å². The Bertz CT molecular complexity index is 633. The van der Waals surface area contributed by atoms with Crippen LogP contribution in [0.1, 0.15) is 40.7 Å². The Balaban J connectivity index is 1.70. The van der Waals surface area contributed by atoms with E-state index in [2.05, 4.69) is 22.4 Å². The molecule has 3 rings (SSSR count). The highest BCUT2D eigenvalue weighted by Crippen LogP contribution is 2.23. The monoisotopic (exact) mass is 309 g/mol. The number of carbonyl (C=O) groups is 1. The second-order valence-corrected chi connectivity index (χ2v) is 5.99. The van der Waals surface area contributed by atoms with Crippen molar-refractivity contribution in [1.29, 1.82) is 0 Å². The van der Waals surface area contributed by atoms with E-state index in [0.717, 1.165) is 24.2 Å². The molecule has 0 unspecified atom stereocenters. The first-order valence-electron chi connectivity index (χ1n) is 8.26. The van der Waals surface area contributed by atoms with Crippen molar-refractivity contribution in [3.05, 3.63) is 65.5 Å². The van der Waals surface area contributed by atoms with Crippen molar-refractivity contribution in [2.75, 3.05) is 19.6 Å². The molecule has 1 aromatic heterocycles. The lowest BCUT2D eigenvalue weighted by Gasteiger charge is -2.21. The molecule has 0 saturated carbocycles. The largest absolute Gasteiger partial charge is 0.335 e. The van der Waals surface area contributed by atoms with E-state index >= 15 is 0 Å². The van der Waals surface area contributed by atoms with Crippen LogP contribution in [0.2, 0.25) is 0 Å². The summed E-state index contributed by atoms with van der Waals surface area (Å²) in [6, 6.07) is 12.0. The molecule has 1 atom stereocenters. The Morgan fingerprint density at radius 1 is 1.22 bits per heavy atom. The van der Waals surface area contributed by atoms with E-state index in [1.807, 2.05) is 36.1 Å². The van der Waals surface area contributed by atoms with Crippen LogP contribution in [0.4, 0.5) is 0 Å². The maximum absolute atomic E-state index is 12.7. The van der Waals surface area contributed by atoms with Gasteiger partial charge in [-0.25, -0.2) is 0 Å². The lowest BCUT2D eigenvalue weighted by Crippen LogP contribution is -2.30. The number of nitrogens with one attached hydrogen (secondary N) is 1. The van der Waals surface area contributed by atoms with E-state index in [0.29, 0.717) is 19.0 Å². The van der Waals surface area contributed by atoms with Crippen LogP contribution in [-0.2, 0) is 6.54 Å². The summed E-state index contributed by atoms with van der Waals surface area (Å²) in [4.78, 5) is 18.6. The molecule has 0 spiro atoms. The summed E-state index contributed by atoms with van der Waals surface area (Å²) >= 11 is 0. The number of aromatic nitrogens is 1. The third-order valence-electron chi connectivity index (χ3n) is 4.48. The number of hydrogen-bond donors (Lipinski definition) is 1. The van der Waals surface area contributed by atoms with E-state index in [1.54, 1.807) is 12.4 Å². The topological polar surface area (TPSA) is 45.2 Å². The van der Waals surface area contributed by atoms with E-state index < -0.39 is 0 Å². The minimum Gasteiger partial charge on any atom is -0.335 e. The summed E-state index contributed by atoms with van der Waals surface area (Å²) in [5.41, 5.74) is 3.18. The summed E-state index contributed by atoms with van der Waals surface area (Å²) in [7, 11) is 0. The van der Waals surface area contributed by atoms with Crippen LogP contribution in [0.5, 0.6) is 0 Å². The number of benzene rings is 1. The maximum Gasteiger partial charge on any atom is 0.254 e. The fraction of sp³-hybridized carbons (Fsp3) is 0.368. The number of rotatable bonds is 5. The molecule has 1 fully saturated rings. The minimum absolute atomic E-state index is 0.0837. The van der Waals surface area contributed by atoms with Crippen LogP contribution in [0, 0.1) is 0 Å². The van der Waals surface area contributed by atoms with Crippen LogP contribution < -0.4 is 5.32 Å². The molecule has 1 amide bonds. The zero-order chi connectivity index (χ0) is 16.1. The standard InChI is InChI=1S/C19H23N3O/c1-2-22(14-15-7-10-20-11-8-15)19(23)17-5-3-16(4-6-17)18-9-12-21-13-18/h3-8,10-11,18,21H,2,9,12-14H2,1H3/t18-/m0/s1. The number of hydrogen-bond acceptors (Lipinski definition) is 3. The van der Waals surface area contributed by atoms with Gasteiger partial charge in [-0.15, -0.1) is 0 Å². The number of amides is 1. The molecule has 4 nitrogen and oxygen atoms in total. The second-order valence-electron chi connectivity index (χ2n) is 5.99. The zero-order valence-corrected chi connectivity index (χ0v) is 13.5. The Morgan fingerprint density at radius 2 is 1.96 bits per heavy atom. The molecule has 0 radical (unpaired) electrons. The molecule has 23 heavy (non-hydrogen) atoms. The van der Waals surface area contributed by atoms with Crippen molar-refractivity contribution < 1.29 is 4.79 Å².